The van der Waals surface area contributed by atoms with Crippen LogP contribution >= 0.6 is 0 Å². The van der Waals surface area contributed by atoms with Gasteiger partial charge >= 0.3 is 0 Å². The smallest absolute Gasteiger partial charge is 0.210 e. The third kappa shape index (κ3) is 5.20. The summed E-state index contributed by atoms with van der Waals surface area (Å²) in [7, 11) is -3.46. The highest BCUT2D eigenvalue weighted by Gasteiger charge is 2.11. The molecule has 5 nitrogen and oxygen atoms in total. The van der Waals surface area contributed by atoms with Crippen molar-refractivity contribution in [2.24, 2.45) is 5.14 Å². The topological polar surface area (TPSA) is 85.1 Å². The van der Waals surface area contributed by atoms with E-state index in [-0.39, 0.29) is 18.3 Å². The third-order valence-electron chi connectivity index (χ3n) is 2.29. The Balaban J connectivity index is 2.57. The van der Waals surface area contributed by atoms with E-state index >= 15 is 0 Å². The van der Waals surface area contributed by atoms with Gasteiger partial charge in [0, 0.05) is 12.6 Å². The van der Waals surface area contributed by atoms with Crippen LogP contribution < -0.4 is 10.5 Å². The second kappa shape index (κ2) is 6.04. The molecule has 0 radical (unpaired) electrons. The van der Waals surface area contributed by atoms with Gasteiger partial charge in [0.2, 0.25) is 10.0 Å². The van der Waals surface area contributed by atoms with Gasteiger partial charge in [-0.2, -0.15) is 0 Å². The summed E-state index contributed by atoms with van der Waals surface area (Å²) in [6.07, 6.45) is 1.86. The summed E-state index contributed by atoms with van der Waals surface area (Å²) in [5.41, 5.74) is 0.684. The Morgan fingerprint density at radius 3 is 2.71 bits per heavy atom. The predicted octanol–water partition coefficient (Wildman–Crippen LogP) is 0.550. The van der Waals surface area contributed by atoms with Gasteiger partial charge in [0.1, 0.15) is 5.82 Å². The molecule has 0 spiro atoms. The Morgan fingerprint density at radius 1 is 1.53 bits per heavy atom. The molecule has 0 saturated heterocycles. The molecule has 3 N–H and O–H groups in total. The highest BCUT2D eigenvalue weighted by molar-refractivity contribution is 7.89. The average Bonchev–Trinajstić information content (AvgIpc) is 2.24. The third-order valence-corrected chi connectivity index (χ3v) is 3.07. The molecule has 0 amide bonds. The second-order valence-electron chi connectivity index (χ2n) is 3.68. The van der Waals surface area contributed by atoms with E-state index in [1.807, 2.05) is 6.92 Å². The van der Waals surface area contributed by atoms with E-state index in [1.165, 1.54) is 6.07 Å². The minimum atomic E-state index is -3.46. The van der Waals surface area contributed by atoms with Crippen LogP contribution in [-0.2, 0) is 10.0 Å². The van der Waals surface area contributed by atoms with Crippen LogP contribution in [0.15, 0.2) is 18.3 Å². The van der Waals surface area contributed by atoms with Crippen molar-refractivity contribution in [3.05, 3.63) is 29.8 Å². The molecule has 96 valence electrons. The zero-order valence-electron chi connectivity index (χ0n) is 9.56. The van der Waals surface area contributed by atoms with E-state index in [2.05, 4.69) is 10.3 Å². The van der Waals surface area contributed by atoms with Gasteiger partial charge in [-0.25, -0.2) is 17.9 Å². The molecule has 0 aliphatic carbocycles. The lowest BCUT2D eigenvalue weighted by atomic mass is 10.1. The standard InChI is InChI=1S/C10H16FN3O2S/c1-2-9(13-5-6-17(12,15)16)10-4-3-8(11)7-14-10/h3-4,7,9,13H,2,5-6H2,1H3,(H2,12,15,16). The highest BCUT2D eigenvalue weighted by Crippen LogP contribution is 2.13. The quantitative estimate of drug-likeness (QED) is 0.783. The molecule has 17 heavy (non-hydrogen) atoms. The number of sulfonamides is 1. The maximum Gasteiger partial charge on any atom is 0.210 e. The van der Waals surface area contributed by atoms with Crippen LogP contribution in [0.3, 0.4) is 0 Å². The van der Waals surface area contributed by atoms with Crippen molar-refractivity contribution in [2.75, 3.05) is 12.3 Å². The van der Waals surface area contributed by atoms with Crippen molar-refractivity contribution >= 4 is 10.0 Å². The molecular weight excluding hydrogens is 245 g/mol. The van der Waals surface area contributed by atoms with Crippen molar-refractivity contribution in [1.82, 2.24) is 10.3 Å². The molecule has 0 fully saturated rings. The van der Waals surface area contributed by atoms with Crippen LogP contribution in [0.2, 0.25) is 0 Å². The number of hydrogen-bond donors (Lipinski definition) is 2. The fourth-order valence-electron chi connectivity index (χ4n) is 1.43. The molecule has 0 aliphatic rings. The zero-order valence-corrected chi connectivity index (χ0v) is 10.4. The lowest BCUT2D eigenvalue weighted by Crippen LogP contribution is -2.30. The number of rotatable bonds is 6. The first-order valence-electron chi connectivity index (χ1n) is 5.27. The number of nitrogens with one attached hydrogen (secondary N) is 1. The van der Waals surface area contributed by atoms with Crippen molar-refractivity contribution in [2.45, 2.75) is 19.4 Å². The molecule has 1 aromatic rings. The molecule has 0 aliphatic heterocycles. The van der Waals surface area contributed by atoms with E-state index < -0.39 is 15.8 Å². The highest BCUT2D eigenvalue weighted by atomic mass is 32.2. The monoisotopic (exact) mass is 261 g/mol. The van der Waals surface area contributed by atoms with Crippen molar-refractivity contribution in [3.63, 3.8) is 0 Å². The summed E-state index contributed by atoms with van der Waals surface area (Å²) in [5, 5.41) is 7.91. The minimum absolute atomic E-state index is 0.0997. The number of pyridine rings is 1. The molecule has 1 aromatic heterocycles. The first kappa shape index (κ1) is 14.0. The van der Waals surface area contributed by atoms with E-state index in [9.17, 15) is 12.8 Å². The number of hydrogen-bond acceptors (Lipinski definition) is 4. The number of halogens is 1. The van der Waals surface area contributed by atoms with Crippen LogP contribution in [-0.4, -0.2) is 25.7 Å². The largest absolute Gasteiger partial charge is 0.308 e. The van der Waals surface area contributed by atoms with Crippen molar-refractivity contribution < 1.29 is 12.8 Å². The predicted molar refractivity (Wildman–Crippen MR) is 63.2 cm³/mol. The van der Waals surface area contributed by atoms with Gasteiger partial charge in [0.15, 0.2) is 0 Å². The molecule has 0 aromatic carbocycles. The molecule has 1 atom stereocenters. The molecule has 1 unspecified atom stereocenters. The molecule has 0 saturated carbocycles. The van der Waals surface area contributed by atoms with Crippen molar-refractivity contribution in [3.8, 4) is 0 Å². The summed E-state index contributed by atoms with van der Waals surface area (Å²) < 4.78 is 34.2. The van der Waals surface area contributed by atoms with E-state index in [0.717, 1.165) is 12.6 Å². The average molecular weight is 261 g/mol. The van der Waals surface area contributed by atoms with Gasteiger partial charge < -0.3 is 5.32 Å². The SMILES string of the molecule is CCC(NCCS(N)(=O)=O)c1ccc(F)cn1. The number of nitrogens with zero attached hydrogens (tertiary/aromatic N) is 1. The Bertz CT molecular complexity index is 447. The van der Waals surface area contributed by atoms with Crippen LogP contribution in [0.4, 0.5) is 4.39 Å². The lowest BCUT2D eigenvalue weighted by molar-refractivity contribution is 0.517. The van der Waals surface area contributed by atoms with E-state index in [4.69, 9.17) is 5.14 Å². The molecule has 7 heteroatoms. The first-order chi connectivity index (χ1) is 7.92. The normalized spacial score (nSPS) is 13.6. The Kier molecular flexibility index (Phi) is 4.98. The van der Waals surface area contributed by atoms with Gasteiger partial charge in [-0.1, -0.05) is 6.92 Å². The lowest BCUT2D eigenvalue weighted by Gasteiger charge is -2.15. The molecule has 0 bridgehead atoms. The summed E-state index contributed by atoms with van der Waals surface area (Å²) in [4.78, 5) is 3.95. The molecule has 1 rings (SSSR count). The van der Waals surface area contributed by atoms with Crippen molar-refractivity contribution in [1.29, 1.82) is 0 Å². The Hall–Kier alpha value is -1.05. The summed E-state index contributed by atoms with van der Waals surface area (Å²) in [5.74, 6) is -0.529. The Morgan fingerprint density at radius 2 is 2.24 bits per heavy atom. The second-order valence-corrected chi connectivity index (χ2v) is 5.42. The van der Waals surface area contributed by atoms with Crippen LogP contribution in [0.5, 0.6) is 0 Å². The summed E-state index contributed by atoms with van der Waals surface area (Å²) >= 11 is 0. The van der Waals surface area contributed by atoms with E-state index in [0.29, 0.717) is 5.69 Å². The van der Waals surface area contributed by atoms with Gasteiger partial charge in [-0.05, 0) is 18.6 Å². The van der Waals surface area contributed by atoms with Gasteiger partial charge in [-0.15, -0.1) is 0 Å². The van der Waals surface area contributed by atoms with Gasteiger partial charge in [0.05, 0.1) is 17.6 Å². The zero-order chi connectivity index (χ0) is 12.9. The number of primary sulfonamides is 1. The maximum atomic E-state index is 12.7. The molecule has 1 heterocycles. The number of nitrogens with two attached hydrogens (primary N) is 1. The van der Waals surface area contributed by atoms with Crippen LogP contribution in [0, 0.1) is 5.82 Å². The number of aromatic nitrogens is 1. The van der Waals surface area contributed by atoms with Crippen LogP contribution in [0.1, 0.15) is 25.1 Å². The maximum absolute atomic E-state index is 12.7. The summed E-state index contributed by atoms with van der Waals surface area (Å²) in [6.45, 7) is 2.18. The van der Waals surface area contributed by atoms with E-state index in [1.54, 1.807) is 6.07 Å². The van der Waals surface area contributed by atoms with Crippen LogP contribution in [0.25, 0.3) is 0 Å². The fourth-order valence-corrected chi connectivity index (χ4v) is 1.83. The van der Waals surface area contributed by atoms with Gasteiger partial charge in [0.25, 0.3) is 0 Å². The molecular formula is C10H16FN3O2S. The summed E-state index contributed by atoms with van der Waals surface area (Å²) in [6, 6.07) is 2.80. The Labute approximate surface area is 100 Å². The fraction of sp³-hybridized carbons (Fsp3) is 0.500. The van der Waals surface area contributed by atoms with Gasteiger partial charge in [-0.3, -0.25) is 4.98 Å². The minimum Gasteiger partial charge on any atom is -0.308 e. The first-order valence-corrected chi connectivity index (χ1v) is 6.99.